The maximum atomic E-state index is 11.8. The largest absolute Gasteiger partial charge is 0.456 e. The Balaban J connectivity index is 0.941. The first-order valence-electron chi connectivity index (χ1n) is 25.2. The first kappa shape index (κ1) is 40.8. The molecule has 0 aliphatic carbocycles. The van der Waals surface area contributed by atoms with Crippen LogP contribution in [0.3, 0.4) is 0 Å². The van der Waals surface area contributed by atoms with Gasteiger partial charge < -0.3 is 26.8 Å². The van der Waals surface area contributed by atoms with Crippen LogP contribution in [0.1, 0.15) is 11.1 Å². The van der Waals surface area contributed by atoms with Crippen molar-refractivity contribution in [3.8, 4) is 45.8 Å². The Morgan fingerprint density at radius 2 is 0.697 bits per heavy atom. The van der Waals surface area contributed by atoms with Gasteiger partial charge in [0, 0.05) is 53.9 Å². The number of nitrogens with zero attached hydrogens (tertiary/aromatic N) is 4. The molecule has 0 unspecified atom stereocenters. The molecule has 0 aliphatic rings. The van der Waals surface area contributed by atoms with E-state index in [1.807, 2.05) is 97.1 Å². The minimum Gasteiger partial charge on any atom is -0.456 e. The average Bonchev–Trinajstić information content (AvgIpc) is 4.39. The van der Waals surface area contributed by atoms with E-state index in [-0.39, 0.29) is 0 Å². The Morgan fingerprint density at radius 3 is 1.18 bits per heavy atom. The fraction of sp³-hybridized carbons (Fsp3) is 0. The van der Waals surface area contributed by atoms with Crippen LogP contribution >= 0.6 is 0 Å². The maximum absolute atomic E-state index is 11.8. The van der Waals surface area contributed by atoms with Gasteiger partial charge in [-0.15, -0.1) is 0 Å². The highest BCUT2D eigenvalue weighted by Crippen LogP contribution is 2.47. The van der Waals surface area contributed by atoms with Gasteiger partial charge in [-0.2, -0.15) is 10.5 Å². The van der Waals surface area contributed by atoms with Crippen LogP contribution in [0.2, 0.25) is 0 Å². The van der Waals surface area contributed by atoms with Crippen LogP contribution in [0.5, 0.6) is 0 Å². The molecule has 0 radical (unpaired) electrons. The number of hydrogen-bond acceptors (Lipinski definition) is 6. The van der Waals surface area contributed by atoms with Crippen molar-refractivity contribution in [2.75, 3.05) is 0 Å². The van der Waals surface area contributed by atoms with Gasteiger partial charge in [-0.1, -0.05) is 97.1 Å². The van der Waals surface area contributed by atoms with Crippen LogP contribution in [0, 0.1) is 22.7 Å². The summed E-state index contributed by atoms with van der Waals surface area (Å²) >= 11 is 0. The number of hydrogen-bond donors (Lipinski definition) is 0. The number of aromatic nitrogens is 2. The Morgan fingerprint density at radius 1 is 0.303 bits per heavy atom. The third-order valence-electron chi connectivity index (χ3n) is 15.8. The molecule has 0 fully saturated rings. The van der Waals surface area contributed by atoms with Crippen molar-refractivity contribution in [1.29, 1.82) is 10.5 Å². The second-order valence-corrected chi connectivity index (χ2v) is 19.7. The van der Waals surface area contributed by atoms with E-state index >= 15 is 0 Å². The predicted molar refractivity (Wildman–Crippen MR) is 305 cm³/mol. The molecular formula is C68H34N4O4. The van der Waals surface area contributed by atoms with E-state index in [1.165, 1.54) is 0 Å². The molecule has 0 amide bonds. The van der Waals surface area contributed by atoms with E-state index in [9.17, 15) is 10.5 Å². The Hall–Kier alpha value is -10.8. The molecule has 0 spiro atoms. The number of furan rings is 4. The predicted octanol–water partition coefficient (Wildman–Crippen LogP) is 18.6. The Labute approximate surface area is 429 Å². The minimum absolute atomic E-state index is 0.341. The van der Waals surface area contributed by atoms with Crippen LogP contribution in [0.25, 0.3) is 165 Å². The molecule has 17 rings (SSSR count). The molecule has 0 bridgehead atoms. The minimum atomic E-state index is 0.341. The summed E-state index contributed by atoms with van der Waals surface area (Å²) in [5, 5.41) is 34.8. The summed E-state index contributed by atoms with van der Waals surface area (Å²) in [6.07, 6.45) is 0. The van der Waals surface area contributed by atoms with Crippen molar-refractivity contribution in [3.05, 3.63) is 217 Å². The summed E-state index contributed by atoms with van der Waals surface area (Å²) < 4.78 is 30.3. The fourth-order valence-corrected chi connectivity index (χ4v) is 12.4. The van der Waals surface area contributed by atoms with E-state index in [0.717, 1.165) is 154 Å². The maximum Gasteiger partial charge on any atom is 0.145 e. The monoisotopic (exact) mass is 970 g/mol. The normalized spacial score (nSPS) is 12.2. The molecule has 0 saturated heterocycles. The molecule has 17 aromatic rings. The molecule has 6 heterocycles. The highest BCUT2D eigenvalue weighted by Gasteiger charge is 2.27. The highest BCUT2D eigenvalue weighted by molar-refractivity contribution is 6.26. The molecule has 76 heavy (non-hydrogen) atoms. The molecule has 0 saturated carbocycles. The first-order valence-corrected chi connectivity index (χ1v) is 25.2. The Kier molecular flexibility index (Phi) is 7.99. The lowest BCUT2D eigenvalue weighted by atomic mass is 10.00. The molecule has 8 heteroatoms. The second-order valence-electron chi connectivity index (χ2n) is 19.7. The number of rotatable bonds is 4. The number of fused-ring (bicyclic) bond motifs is 20. The van der Waals surface area contributed by atoms with E-state index < -0.39 is 0 Å². The lowest BCUT2D eigenvalue weighted by Gasteiger charge is -2.17. The molecule has 0 aliphatic heterocycles. The smallest absolute Gasteiger partial charge is 0.145 e. The van der Waals surface area contributed by atoms with Crippen molar-refractivity contribution in [3.63, 3.8) is 0 Å². The van der Waals surface area contributed by atoms with Crippen molar-refractivity contribution < 1.29 is 17.7 Å². The van der Waals surface area contributed by atoms with Crippen LogP contribution in [0.15, 0.2) is 224 Å². The molecular weight excluding hydrogens is 937 g/mol. The van der Waals surface area contributed by atoms with Crippen molar-refractivity contribution in [1.82, 2.24) is 9.13 Å². The van der Waals surface area contributed by atoms with Gasteiger partial charge >= 0.3 is 0 Å². The lowest BCUT2D eigenvalue weighted by molar-refractivity contribution is 0.668. The third-order valence-corrected chi connectivity index (χ3v) is 15.8. The zero-order valence-electron chi connectivity index (χ0n) is 40.1. The highest BCUT2D eigenvalue weighted by atomic mass is 16.3. The van der Waals surface area contributed by atoms with Crippen molar-refractivity contribution in [2.24, 2.45) is 0 Å². The van der Waals surface area contributed by atoms with Crippen LogP contribution in [0.4, 0.5) is 0 Å². The first-order chi connectivity index (χ1) is 37.6. The van der Waals surface area contributed by atoms with Gasteiger partial charge in [0.2, 0.25) is 0 Å². The lowest BCUT2D eigenvalue weighted by Crippen LogP contribution is -2.06. The summed E-state index contributed by atoms with van der Waals surface area (Å²) in [7, 11) is 0. The molecule has 6 aromatic heterocycles. The van der Waals surface area contributed by atoms with Gasteiger partial charge in [-0.3, -0.25) is 0 Å². The summed E-state index contributed by atoms with van der Waals surface area (Å²) in [6.45, 7) is 0. The topological polar surface area (TPSA) is 110 Å². The third kappa shape index (κ3) is 5.43. The van der Waals surface area contributed by atoms with E-state index in [1.54, 1.807) is 0 Å². The zero-order valence-corrected chi connectivity index (χ0v) is 40.1. The van der Waals surface area contributed by atoms with E-state index in [2.05, 4.69) is 130 Å². The van der Waals surface area contributed by atoms with Gasteiger partial charge in [-0.05, 0) is 131 Å². The van der Waals surface area contributed by atoms with E-state index in [4.69, 9.17) is 17.7 Å². The summed E-state index contributed by atoms with van der Waals surface area (Å²) in [6, 6.07) is 75.5. The van der Waals surface area contributed by atoms with Crippen molar-refractivity contribution in [2.45, 2.75) is 0 Å². The molecule has 0 atom stereocenters. The molecule has 8 nitrogen and oxygen atoms in total. The summed E-state index contributed by atoms with van der Waals surface area (Å²) in [4.78, 5) is 0. The van der Waals surface area contributed by atoms with Gasteiger partial charge in [0.15, 0.2) is 0 Å². The fourth-order valence-electron chi connectivity index (χ4n) is 12.4. The molecule has 350 valence electrons. The second kappa shape index (κ2) is 14.9. The van der Waals surface area contributed by atoms with E-state index in [0.29, 0.717) is 22.5 Å². The van der Waals surface area contributed by atoms with Gasteiger partial charge in [0.25, 0.3) is 0 Å². The zero-order chi connectivity index (χ0) is 49.9. The summed E-state index contributed by atoms with van der Waals surface area (Å²) in [5.74, 6) is 0. The van der Waals surface area contributed by atoms with Crippen molar-refractivity contribution >= 4 is 131 Å². The van der Waals surface area contributed by atoms with Gasteiger partial charge in [0.1, 0.15) is 62.4 Å². The van der Waals surface area contributed by atoms with Gasteiger partial charge in [0.05, 0.1) is 49.8 Å². The van der Waals surface area contributed by atoms with Crippen LogP contribution in [-0.2, 0) is 0 Å². The van der Waals surface area contributed by atoms with Gasteiger partial charge in [-0.25, -0.2) is 0 Å². The van der Waals surface area contributed by atoms with Crippen LogP contribution in [-0.4, -0.2) is 9.13 Å². The molecule has 11 aromatic carbocycles. The number of benzene rings is 11. The standard InChI is InChI=1S/C68H34N4O4/c69-35-41-19-26-55(71-53-24-17-37(39-20-29-62-48(31-39)44-11-3-5-13-58(44)73-62)33-50(53)64-56(71)27-22-46-42-9-1-7-15-60(42)75-67(46)64)52(36-70)66(41)72-54-25-18-38(40-21-30-63-49(32-40)45-12-4-6-14-59(45)74-63)34-51(54)65-57(72)28-23-47-43-10-2-8-16-61(43)76-68(47)65/h1-34H. The summed E-state index contributed by atoms with van der Waals surface area (Å²) in [5.41, 5.74) is 15.7. The Bertz CT molecular complexity index is 5520. The number of nitriles is 2. The SMILES string of the molecule is N#Cc1ccc(-n2c3ccc(-c4ccc5oc6ccccc6c5c4)cc3c3c4oc5ccccc5c4ccc32)c(C#N)c1-n1c2ccc(-c3ccc4oc5ccccc5c4c3)cc2c2c3oc4ccccc4c3ccc21. The molecule has 0 N–H and O–H groups in total. The number of para-hydroxylation sites is 4. The average molecular weight is 971 g/mol. The quantitative estimate of drug-likeness (QED) is 0.174. The van der Waals surface area contributed by atoms with Crippen LogP contribution < -0.4 is 0 Å².